The molecule has 5 nitrogen and oxygen atoms in total. The van der Waals surface area contributed by atoms with E-state index in [0.717, 1.165) is 89.4 Å². The predicted octanol–water partition coefficient (Wildman–Crippen LogP) is 42.2. The van der Waals surface area contributed by atoms with Gasteiger partial charge in [-0.3, -0.25) is 0 Å². The van der Waals surface area contributed by atoms with Crippen molar-refractivity contribution in [2.75, 3.05) is 14.7 Å². The number of anilines is 9. The summed E-state index contributed by atoms with van der Waals surface area (Å²) < 4.78 is 22.7. The minimum absolute atomic E-state index is 0.910. The van der Waals surface area contributed by atoms with E-state index in [1.54, 1.807) is 0 Å². The second-order valence-corrected chi connectivity index (χ2v) is 41.8. The number of fused-ring (bicyclic) bond motifs is 21. The maximum Gasteiger partial charge on any atom is 0.135 e. The van der Waals surface area contributed by atoms with Crippen LogP contribution in [0.15, 0.2) is 537 Å². The summed E-state index contributed by atoms with van der Waals surface area (Å²) in [6, 6.07) is 191. The Hall–Kier alpha value is -18.1. The number of furan rings is 2. The quantitative estimate of drug-likeness (QED) is 0.102. The van der Waals surface area contributed by atoms with E-state index in [0.29, 0.717) is 0 Å². The van der Waals surface area contributed by atoms with E-state index in [4.69, 9.17) is 8.83 Å². The standard InChI is InChI=1S/C52H33NS2.C46H29NOS.C40H25NOS/c1-3-14-34(15-4-1)37-30-38(35-16-5-2-6-17-35)32-39(31-37)53(48-23-13-22-45-43-20-9-12-25-50(43)55-52(45)48)47-28-27-40(41-18-7-8-19-42(41)47)36-26-29-51-46(33-36)44-21-10-11-24-49(44)54-51;1-2-10-30(11-3-1)31-18-21-33(22-19-31)47(34-23-27-46-41(29-34)39-15-7-9-17-45(39)49-46)42-25-24-35(36-12-4-5-13-37(36)42)32-20-26-44-40(28-32)38-14-6-8-16-43(38)48-44;1-2-10-27(11-3-1)41(28-19-23-40-35(25-28)33-15-7-9-17-39(33)43-40)36-21-20-29(30-12-4-5-13-31(30)36)26-18-22-38-34(24-26)32-14-6-8-16-37(32)42-38/h1-33H;1-29H;1-25H. The van der Waals surface area contributed by atoms with Crippen LogP contribution in [-0.2, 0) is 0 Å². The molecule has 6 heterocycles. The molecule has 30 aromatic rings. The first-order valence-electron chi connectivity index (χ1n) is 49.8. The van der Waals surface area contributed by atoms with Crippen LogP contribution in [0.5, 0.6) is 0 Å². The first-order chi connectivity index (χ1) is 72.9. The Morgan fingerprint density at radius 3 is 0.864 bits per heavy atom. The zero-order chi connectivity index (χ0) is 96.9. The monoisotopic (exact) mass is 1950 g/mol. The molecular formula is C138H87N3O2S4. The van der Waals surface area contributed by atoms with Gasteiger partial charge in [-0.2, -0.15) is 0 Å². The van der Waals surface area contributed by atoms with E-state index in [1.165, 1.54) is 185 Å². The van der Waals surface area contributed by atoms with Gasteiger partial charge >= 0.3 is 0 Å². The van der Waals surface area contributed by atoms with E-state index in [-0.39, 0.29) is 0 Å². The van der Waals surface area contributed by atoms with Gasteiger partial charge in [0.1, 0.15) is 22.3 Å². The van der Waals surface area contributed by atoms with E-state index >= 15 is 0 Å². The number of hydrogen-bond acceptors (Lipinski definition) is 9. The van der Waals surface area contributed by atoms with Crippen LogP contribution in [0.25, 0.3) is 224 Å². The zero-order valence-electron chi connectivity index (χ0n) is 79.5. The molecule has 30 rings (SSSR count). The molecule has 0 N–H and O–H groups in total. The van der Waals surface area contributed by atoms with Gasteiger partial charge in [-0.05, 0) is 259 Å². The number of nitrogens with zero attached hydrogens (tertiary/aromatic N) is 3. The molecule has 0 atom stereocenters. The fraction of sp³-hybridized carbons (Fsp3) is 0. The van der Waals surface area contributed by atoms with Gasteiger partial charge in [0.25, 0.3) is 0 Å². The van der Waals surface area contributed by atoms with Gasteiger partial charge in [0.15, 0.2) is 0 Å². The Bertz CT molecular complexity index is 10300. The summed E-state index contributed by atoms with van der Waals surface area (Å²) in [5.41, 5.74) is 28.3. The highest BCUT2D eigenvalue weighted by Gasteiger charge is 2.27. The van der Waals surface area contributed by atoms with Crippen molar-refractivity contribution in [2.24, 2.45) is 0 Å². The molecule has 0 amide bonds. The molecule has 0 aliphatic rings. The fourth-order valence-corrected chi connectivity index (χ4v) is 26.6. The van der Waals surface area contributed by atoms with Crippen molar-refractivity contribution in [3.63, 3.8) is 0 Å². The van der Waals surface area contributed by atoms with Gasteiger partial charge in [0.2, 0.25) is 0 Å². The molecule has 6 aromatic heterocycles. The third kappa shape index (κ3) is 15.6. The summed E-state index contributed by atoms with van der Waals surface area (Å²) in [5, 5.41) is 22.2. The maximum absolute atomic E-state index is 6.16. The van der Waals surface area contributed by atoms with E-state index in [2.05, 4.69) is 518 Å². The summed E-state index contributed by atoms with van der Waals surface area (Å²) in [4.78, 5) is 7.32. The smallest absolute Gasteiger partial charge is 0.135 e. The summed E-state index contributed by atoms with van der Waals surface area (Å²) in [5.74, 6) is 0. The largest absolute Gasteiger partial charge is 0.456 e. The van der Waals surface area contributed by atoms with Crippen LogP contribution < -0.4 is 14.7 Å². The summed E-state index contributed by atoms with van der Waals surface area (Å²) in [6.07, 6.45) is 0. The molecule has 0 unspecified atom stereocenters. The molecule has 147 heavy (non-hydrogen) atoms. The lowest BCUT2D eigenvalue weighted by molar-refractivity contribution is 0.668. The van der Waals surface area contributed by atoms with Gasteiger partial charge in [0.05, 0.1) is 27.4 Å². The fourth-order valence-electron chi connectivity index (χ4n) is 22.1. The van der Waals surface area contributed by atoms with Crippen LogP contribution in [0.2, 0.25) is 0 Å². The SMILES string of the molecule is c1ccc(-c2cc(-c3ccccc3)cc(N(c3ccc(-c4ccc5sc6ccccc6c5c4)c4ccccc34)c3cccc4c3sc3ccccc34)c2)cc1.c1ccc(-c2ccc(N(c3ccc4sc5ccccc5c4c3)c3ccc(-c4ccc5oc6ccccc6c5c4)c4ccccc34)cc2)cc1.c1ccc(N(c2ccc3sc4ccccc4c3c2)c2ccc(-c3ccc4oc5ccccc5c4c3)c3ccccc23)cc1. The summed E-state index contributed by atoms with van der Waals surface area (Å²) in [6.45, 7) is 0. The topological polar surface area (TPSA) is 36.0 Å². The summed E-state index contributed by atoms with van der Waals surface area (Å²) in [7, 11) is 0. The first kappa shape index (κ1) is 86.8. The maximum atomic E-state index is 6.16. The first-order valence-corrected chi connectivity index (χ1v) is 53.0. The van der Waals surface area contributed by atoms with Crippen molar-refractivity contribution >= 4 is 253 Å². The number of para-hydroxylation sites is 3. The second kappa shape index (κ2) is 36.7. The molecule has 0 fully saturated rings. The molecule has 690 valence electrons. The van der Waals surface area contributed by atoms with Crippen molar-refractivity contribution in [3.8, 4) is 66.8 Å². The van der Waals surface area contributed by atoms with Gasteiger partial charge in [0, 0.05) is 142 Å². The highest BCUT2D eigenvalue weighted by Crippen LogP contribution is 2.54. The molecule has 0 aliphatic carbocycles. The summed E-state index contributed by atoms with van der Waals surface area (Å²) >= 11 is 7.45. The third-order valence-electron chi connectivity index (χ3n) is 29.0. The third-order valence-corrected chi connectivity index (χ3v) is 33.7. The van der Waals surface area contributed by atoms with Gasteiger partial charge in [-0.1, -0.05) is 352 Å². The number of thiophene rings is 4. The molecular weight excluding hydrogens is 1860 g/mol. The Balaban J connectivity index is 0.000000107. The normalized spacial score (nSPS) is 11.7. The minimum atomic E-state index is 0.910. The van der Waals surface area contributed by atoms with Crippen LogP contribution in [0.3, 0.4) is 0 Å². The predicted molar refractivity (Wildman–Crippen MR) is 635 cm³/mol. The highest BCUT2D eigenvalue weighted by molar-refractivity contribution is 7.27. The molecule has 0 radical (unpaired) electrons. The molecule has 0 spiro atoms. The second-order valence-electron chi connectivity index (χ2n) is 37.5. The molecule has 0 bridgehead atoms. The molecule has 24 aromatic carbocycles. The van der Waals surface area contributed by atoms with Crippen LogP contribution in [-0.4, -0.2) is 0 Å². The van der Waals surface area contributed by atoms with E-state index in [1.807, 2.05) is 69.6 Å². The van der Waals surface area contributed by atoms with Crippen molar-refractivity contribution in [1.29, 1.82) is 0 Å². The van der Waals surface area contributed by atoms with Gasteiger partial charge in [-0.25, -0.2) is 0 Å². The van der Waals surface area contributed by atoms with E-state index in [9.17, 15) is 0 Å². The lowest BCUT2D eigenvalue weighted by Crippen LogP contribution is -2.11. The van der Waals surface area contributed by atoms with Crippen molar-refractivity contribution in [1.82, 2.24) is 0 Å². The molecule has 0 saturated heterocycles. The molecule has 9 heteroatoms. The zero-order valence-corrected chi connectivity index (χ0v) is 82.8. The van der Waals surface area contributed by atoms with Crippen molar-refractivity contribution in [3.05, 3.63) is 528 Å². The highest BCUT2D eigenvalue weighted by atomic mass is 32.1. The van der Waals surface area contributed by atoms with Crippen LogP contribution in [0.4, 0.5) is 51.2 Å². The Morgan fingerprint density at radius 1 is 0.129 bits per heavy atom. The average molecular weight is 1950 g/mol. The van der Waals surface area contributed by atoms with Crippen LogP contribution >= 0.6 is 45.3 Å². The number of hydrogen-bond donors (Lipinski definition) is 0. The Morgan fingerprint density at radius 2 is 0.422 bits per heavy atom. The Labute approximate surface area is 864 Å². The molecule has 0 saturated carbocycles. The lowest BCUT2D eigenvalue weighted by Gasteiger charge is -2.29. The van der Waals surface area contributed by atoms with E-state index < -0.39 is 0 Å². The van der Waals surface area contributed by atoms with Crippen LogP contribution in [0, 0.1) is 0 Å². The van der Waals surface area contributed by atoms with Crippen molar-refractivity contribution < 1.29 is 8.83 Å². The minimum Gasteiger partial charge on any atom is -0.456 e. The average Bonchev–Trinajstić information content (AvgIpc) is 1.73. The molecule has 0 aliphatic heterocycles. The van der Waals surface area contributed by atoms with Crippen molar-refractivity contribution in [2.45, 2.75) is 0 Å². The van der Waals surface area contributed by atoms with Gasteiger partial charge in [-0.15, -0.1) is 45.3 Å². The van der Waals surface area contributed by atoms with Gasteiger partial charge < -0.3 is 23.5 Å². The Kier molecular flexibility index (Phi) is 21.7. The number of rotatable bonds is 15. The number of benzene rings is 24. The lowest BCUT2D eigenvalue weighted by atomic mass is 9.94. The van der Waals surface area contributed by atoms with Crippen LogP contribution in [0.1, 0.15) is 0 Å².